The SMILES string of the molecule is COc1cc(/C=C(\NC(=O)c2ccccc2)C(=O)Nc2ccc(SC(C(=O)Nc3c(C)cccc3C)c3ccccc3)cc2)cc(OC)c1OC. The van der Waals surface area contributed by atoms with Gasteiger partial charge in [-0.3, -0.25) is 14.4 Å². The number of amides is 3. The first-order chi connectivity index (χ1) is 24.7. The molecule has 0 saturated carbocycles. The Balaban J connectivity index is 1.39. The molecule has 0 spiro atoms. The number of ether oxygens (including phenoxy) is 3. The number of thioether (sulfide) groups is 1. The number of hydrogen-bond acceptors (Lipinski definition) is 7. The van der Waals surface area contributed by atoms with Crippen molar-refractivity contribution in [2.45, 2.75) is 24.0 Å². The fourth-order valence-electron chi connectivity index (χ4n) is 5.35. The monoisotopic (exact) mass is 701 g/mol. The first kappa shape index (κ1) is 36.3. The average molecular weight is 702 g/mol. The number of carbonyl (C=O) groups excluding carboxylic acids is 3. The molecule has 0 heterocycles. The quantitative estimate of drug-likeness (QED) is 0.0838. The van der Waals surface area contributed by atoms with Gasteiger partial charge >= 0.3 is 0 Å². The highest BCUT2D eigenvalue weighted by Gasteiger charge is 2.24. The van der Waals surface area contributed by atoms with Gasteiger partial charge in [0.15, 0.2) is 11.5 Å². The maximum absolute atomic E-state index is 13.7. The Morgan fingerprint density at radius 2 is 1.27 bits per heavy atom. The van der Waals surface area contributed by atoms with Gasteiger partial charge in [0.25, 0.3) is 11.8 Å². The lowest BCUT2D eigenvalue weighted by molar-refractivity contribution is -0.116. The third-order valence-corrected chi connectivity index (χ3v) is 9.23. The normalized spacial score (nSPS) is 11.6. The molecule has 3 amide bonds. The summed E-state index contributed by atoms with van der Waals surface area (Å²) in [6.45, 7) is 3.94. The number of rotatable bonds is 13. The van der Waals surface area contributed by atoms with E-state index in [0.717, 1.165) is 27.3 Å². The van der Waals surface area contributed by atoms with Crippen LogP contribution in [-0.4, -0.2) is 39.1 Å². The molecule has 0 aliphatic carbocycles. The number of methoxy groups -OCH3 is 3. The van der Waals surface area contributed by atoms with E-state index in [1.54, 1.807) is 54.6 Å². The van der Waals surface area contributed by atoms with Crippen LogP contribution >= 0.6 is 11.8 Å². The van der Waals surface area contributed by atoms with E-state index >= 15 is 0 Å². The van der Waals surface area contributed by atoms with Crippen LogP contribution in [0.3, 0.4) is 0 Å². The van der Waals surface area contributed by atoms with Crippen LogP contribution in [0.2, 0.25) is 0 Å². The number of anilines is 2. The van der Waals surface area contributed by atoms with Gasteiger partial charge in [-0.2, -0.15) is 0 Å². The molecule has 5 aromatic rings. The van der Waals surface area contributed by atoms with E-state index in [9.17, 15) is 14.4 Å². The minimum Gasteiger partial charge on any atom is -0.493 e. The van der Waals surface area contributed by atoms with Crippen molar-refractivity contribution < 1.29 is 28.6 Å². The van der Waals surface area contributed by atoms with E-state index in [1.165, 1.54) is 39.2 Å². The second kappa shape index (κ2) is 17.1. The molecule has 0 bridgehead atoms. The Hall–Kier alpha value is -6.00. The zero-order valence-corrected chi connectivity index (χ0v) is 29.8. The van der Waals surface area contributed by atoms with Crippen LogP contribution in [0.25, 0.3) is 6.08 Å². The van der Waals surface area contributed by atoms with E-state index in [2.05, 4.69) is 16.0 Å². The Morgan fingerprint density at radius 1 is 0.686 bits per heavy atom. The predicted octanol–water partition coefficient (Wildman–Crippen LogP) is 8.21. The number of aryl methyl sites for hydroxylation is 2. The van der Waals surface area contributed by atoms with Crippen molar-refractivity contribution in [1.82, 2.24) is 5.32 Å². The smallest absolute Gasteiger partial charge is 0.272 e. The van der Waals surface area contributed by atoms with Gasteiger partial charge in [-0.25, -0.2) is 0 Å². The van der Waals surface area contributed by atoms with Crippen molar-refractivity contribution in [3.8, 4) is 17.2 Å². The minimum absolute atomic E-state index is 0.0103. The fourth-order valence-corrected chi connectivity index (χ4v) is 6.37. The van der Waals surface area contributed by atoms with E-state index in [1.807, 2.05) is 74.5 Å². The lowest BCUT2D eigenvalue weighted by Crippen LogP contribution is -2.30. The summed E-state index contributed by atoms with van der Waals surface area (Å²) in [5.74, 6) is 0.0259. The van der Waals surface area contributed by atoms with E-state index in [4.69, 9.17) is 14.2 Å². The first-order valence-electron chi connectivity index (χ1n) is 16.1. The lowest BCUT2D eigenvalue weighted by atomic mass is 10.1. The average Bonchev–Trinajstić information content (AvgIpc) is 3.15. The molecule has 0 fully saturated rings. The van der Waals surface area contributed by atoms with Gasteiger partial charge in [0, 0.05) is 21.8 Å². The van der Waals surface area contributed by atoms with Gasteiger partial charge in [-0.15, -0.1) is 11.8 Å². The molecule has 3 N–H and O–H groups in total. The summed E-state index contributed by atoms with van der Waals surface area (Å²) in [5, 5.41) is 8.23. The van der Waals surface area contributed by atoms with Crippen LogP contribution in [-0.2, 0) is 9.59 Å². The molecule has 1 atom stereocenters. The highest BCUT2D eigenvalue weighted by Crippen LogP contribution is 2.39. The van der Waals surface area contributed by atoms with Gasteiger partial charge in [0.2, 0.25) is 11.7 Å². The number of para-hydroxylation sites is 1. The Bertz CT molecular complexity index is 1990. The fraction of sp³-hybridized carbons (Fsp3) is 0.146. The molecule has 10 heteroatoms. The van der Waals surface area contributed by atoms with Crippen molar-refractivity contribution in [3.63, 3.8) is 0 Å². The van der Waals surface area contributed by atoms with Crippen molar-refractivity contribution in [2.24, 2.45) is 0 Å². The molecular weight excluding hydrogens is 663 g/mol. The molecule has 0 saturated heterocycles. The summed E-state index contributed by atoms with van der Waals surface area (Å²) < 4.78 is 16.4. The van der Waals surface area contributed by atoms with Gasteiger partial charge in [0.05, 0.1) is 21.3 Å². The van der Waals surface area contributed by atoms with Crippen molar-refractivity contribution >= 4 is 46.9 Å². The summed E-state index contributed by atoms with van der Waals surface area (Å²) in [6.07, 6.45) is 1.53. The van der Waals surface area contributed by atoms with Gasteiger partial charge < -0.3 is 30.2 Å². The third-order valence-electron chi connectivity index (χ3n) is 7.96. The van der Waals surface area contributed by atoms with Gasteiger partial charge in [-0.05, 0) is 90.7 Å². The van der Waals surface area contributed by atoms with E-state index < -0.39 is 17.1 Å². The molecule has 0 aliphatic rings. The maximum atomic E-state index is 13.7. The first-order valence-corrected chi connectivity index (χ1v) is 17.0. The lowest BCUT2D eigenvalue weighted by Gasteiger charge is -2.19. The largest absolute Gasteiger partial charge is 0.493 e. The van der Waals surface area contributed by atoms with Crippen LogP contribution in [0.15, 0.2) is 126 Å². The van der Waals surface area contributed by atoms with Crippen LogP contribution in [0.5, 0.6) is 17.2 Å². The van der Waals surface area contributed by atoms with E-state index in [0.29, 0.717) is 34.1 Å². The molecule has 0 radical (unpaired) electrons. The van der Waals surface area contributed by atoms with Crippen LogP contribution < -0.4 is 30.2 Å². The predicted molar refractivity (Wildman–Crippen MR) is 203 cm³/mol. The minimum atomic E-state index is -0.552. The maximum Gasteiger partial charge on any atom is 0.272 e. The number of benzene rings is 5. The molecule has 260 valence electrons. The highest BCUT2D eigenvalue weighted by atomic mass is 32.2. The number of carbonyl (C=O) groups is 3. The van der Waals surface area contributed by atoms with Gasteiger partial charge in [0.1, 0.15) is 10.9 Å². The third kappa shape index (κ3) is 9.17. The highest BCUT2D eigenvalue weighted by molar-refractivity contribution is 8.00. The molecule has 1 unspecified atom stereocenters. The zero-order chi connectivity index (χ0) is 36.3. The zero-order valence-electron chi connectivity index (χ0n) is 29.0. The Labute approximate surface area is 302 Å². The van der Waals surface area contributed by atoms with Crippen molar-refractivity contribution in [1.29, 1.82) is 0 Å². The summed E-state index contributed by atoms with van der Waals surface area (Å²) in [7, 11) is 4.50. The molecular formula is C41H39N3O6S. The van der Waals surface area contributed by atoms with Crippen LogP contribution in [0, 0.1) is 13.8 Å². The summed E-state index contributed by atoms with van der Waals surface area (Å²) >= 11 is 1.41. The molecule has 0 aliphatic heterocycles. The van der Waals surface area contributed by atoms with Crippen LogP contribution in [0.1, 0.15) is 37.9 Å². The standard InChI is InChI=1S/C41H39N3O6S/c1-26-13-12-14-27(2)36(26)44-41(47)38(29-15-8-6-9-16-29)51-32-21-19-31(20-22-32)42-40(46)33(43-39(45)30-17-10-7-11-18-30)23-28-24-34(48-3)37(50-5)35(25-28)49-4/h6-25,38H,1-5H3,(H,42,46)(H,43,45)(H,44,47)/b33-23-. The van der Waals surface area contributed by atoms with E-state index in [-0.39, 0.29) is 11.6 Å². The number of nitrogens with one attached hydrogen (secondary N) is 3. The topological polar surface area (TPSA) is 115 Å². The van der Waals surface area contributed by atoms with Crippen LogP contribution in [0.4, 0.5) is 11.4 Å². The summed E-state index contributed by atoms with van der Waals surface area (Å²) in [6, 6.07) is 34.7. The molecule has 51 heavy (non-hydrogen) atoms. The molecule has 0 aromatic heterocycles. The Kier molecular flexibility index (Phi) is 12.2. The number of hydrogen-bond donors (Lipinski definition) is 3. The molecule has 5 rings (SSSR count). The summed E-state index contributed by atoms with van der Waals surface area (Å²) in [5.41, 5.74) is 5.03. The Morgan fingerprint density at radius 3 is 1.84 bits per heavy atom. The second-order valence-corrected chi connectivity index (χ2v) is 12.7. The summed E-state index contributed by atoms with van der Waals surface area (Å²) in [4.78, 5) is 41.5. The van der Waals surface area contributed by atoms with Crippen molar-refractivity contribution in [2.75, 3.05) is 32.0 Å². The van der Waals surface area contributed by atoms with Crippen molar-refractivity contribution in [3.05, 3.63) is 149 Å². The second-order valence-electron chi connectivity index (χ2n) is 11.5. The van der Waals surface area contributed by atoms with Gasteiger partial charge in [-0.1, -0.05) is 66.7 Å². The molecule has 9 nitrogen and oxygen atoms in total. The molecule has 5 aromatic carbocycles.